The van der Waals surface area contributed by atoms with Gasteiger partial charge in [0.2, 0.25) is 0 Å². The Bertz CT molecular complexity index is 456. The maximum atomic E-state index is 11.5. The summed E-state index contributed by atoms with van der Waals surface area (Å²) < 4.78 is 0. The number of carboxylic acid groups (broad SMARTS) is 1. The van der Waals surface area contributed by atoms with Gasteiger partial charge < -0.3 is 10.8 Å². The van der Waals surface area contributed by atoms with Gasteiger partial charge in [-0.05, 0) is 30.7 Å². The molecule has 1 aromatic carbocycles. The second-order valence-electron chi connectivity index (χ2n) is 5.46. The van der Waals surface area contributed by atoms with Crippen LogP contribution in [0.4, 0.5) is 4.79 Å². The van der Waals surface area contributed by atoms with E-state index in [4.69, 9.17) is 5.73 Å². The molecule has 96 valence electrons. The van der Waals surface area contributed by atoms with Crippen molar-refractivity contribution in [3.63, 3.8) is 0 Å². The minimum absolute atomic E-state index is 0.166. The quantitative estimate of drug-likeness (QED) is 0.854. The third kappa shape index (κ3) is 1.86. The highest BCUT2D eigenvalue weighted by Gasteiger charge is 2.62. The lowest BCUT2D eigenvalue weighted by molar-refractivity contribution is 0.104. The molecule has 4 heteroatoms. The van der Waals surface area contributed by atoms with E-state index in [0.717, 1.165) is 24.8 Å². The number of hydrogen-bond acceptors (Lipinski definition) is 2. The number of amides is 1. The molecular weight excluding hydrogens is 228 g/mol. The maximum absolute atomic E-state index is 11.5. The summed E-state index contributed by atoms with van der Waals surface area (Å²) in [5, 5.41) is 9.46. The summed E-state index contributed by atoms with van der Waals surface area (Å²) in [6.45, 7) is 0.472. The zero-order valence-corrected chi connectivity index (χ0v) is 10.2. The average molecular weight is 246 g/mol. The standard InChI is InChI=1S/C14H18N2O2/c15-12-8-11(12)14(6-7-14)16(13(17)18)9-10-4-2-1-3-5-10/h1-5,11-12H,6-9,15H2,(H,17,18). The van der Waals surface area contributed by atoms with Gasteiger partial charge >= 0.3 is 6.09 Å². The van der Waals surface area contributed by atoms with Crippen molar-refractivity contribution in [2.45, 2.75) is 37.4 Å². The molecule has 0 aromatic heterocycles. The van der Waals surface area contributed by atoms with Crippen LogP contribution in [0.3, 0.4) is 0 Å². The van der Waals surface area contributed by atoms with E-state index < -0.39 is 6.09 Å². The third-order valence-electron chi connectivity index (χ3n) is 4.24. The topological polar surface area (TPSA) is 66.6 Å². The van der Waals surface area contributed by atoms with Crippen molar-refractivity contribution in [2.24, 2.45) is 11.7 Å². The van der Waals surface area contributed by atoms with Crippen LogP contribution in [-0.4, -0.2) is 27.7 Å². The van der Waals surface area contributed by atoms with Crippen LogP contribution in [0, 0.1) is 5.92 Å². The van der Waals surface area contributed by atoms with Crippen LogP contribution in [0.1, 0.15) is 24.8 Å². The number of hydrogen-bond donors (Lipinski definition) is 2. The first kappa shape index (κ1) is 11.5. The number of carbonyl (C=O) groups is 1. The maximum Gasteiger partial charge on any atom is 0.408 e. The molecule has 0 aliphatic heterocycles. The van der Waals surface area contributed by atoms with Gasteiger partial charge in [-0.1, -0.05) is 30.3 Å². The smallest absolute Gasteiger partial charge is 0.408 e. The third-order valence-corrected chi connectivity index (χ3v) is 4.24. The van der Waals surface area contributed by atoms with Crippen molar-refractivity contribution in [1.29, 1.82) is 0 Å². The highest BCUT2D eigenvalue weighted by molar-refractivity contribution is 5.67. The van der Waals surface area contributed by atoms with Crippen LogP contribution >= 0.6 is 0 Å². The Hall–Kier alpha value is -1.55. The van der Waals surface area contributed by atoms with Crippen molar-refractivity contribution in [3.8, 4) is 0 Å². The van der Waals surface area contributed by atoms with E-state index in [0.29, 0.717) is 12.5 Å². The molecule has 0 spiro atoms. The van der Waals surface area contributed by atoms with Gasteiger partial charge in [0.05, 0.1) is 5.54 Å². The van der Waals surface area contributed by atoms with Crippen molar-refractivity contribution in [1.82, 2.24) is 4.90 Å². The van der Waals surface area contributed by atoms with Gasteiger partial charge in [0, 0.05) is 12.6 Å². The first-order valence-electron chi connectivity index (χ1n) is 6.43. The van der Waals surface area contributed by atoms with Gasteiger partial charge in [-0.25, -0.2) is 4.79 Å². The molecule has 0 bridgehead atoms. The second-order valence-corrected chi connectivity index (χ2v) is 5.46. The van der Waals surface area contributed by atoms with E-state index >= 15 is 0 Å². The van der Waals surface area contributed by atoms with Crippen LogP contribution in [0.25, 0.3) is 0 Å². The summed E-state index contributed by atoms with van der Waals surface area (Å²) in [6.07, 6.45) is 2.07. The van der Waals surface area contributed by atoms with Gasteiger partial charge in [0.1, 0.15) is 0 Å². The Labute approximate surface area is 106 Å². The van der Waals surface area contributed by atoms with Crippen molar-refractivity contribution < 1.29 is 9.90 Å². The molecule has 4 nitrogen and oxygen atoms in total. The summed E-state index contributed by atoms with van der Waals surface area (Å²) in [6, 6.07) is 9.97. The van der Waals surface area contributed by atoms with E-state index in [1.807, 2.05) is 30.3 Å². The predicted octanol–water partition coefficient (Wildman–Crippen LogP) is 2.05. The highest BCUT2D eigenvalue weighted by atomic mass is 16.4. The fourth-order valence-corrected chi connectivity index (χ4v) is 2.98. The molecule has 2 aliphatic carbocycles. The van der Waals surface area contributed by atoms with E-state index in [1.165, 1.54) is 0 Å². The zero-order valence-electron chi connectivity index (χ0n) is 10.2. The Morgan fingerprint density at radius 1 is 1.39 bits per heavy atom. The zero-order chi connectivity index (χ0) is 12.8. The summed E-state index contributed by atoms with van der Waals surface area (Å²) in [4.78, 5) is 13.1. The number of rotatable bonds is 4. The lowest BCUT2D eigenvalue weighted by atomic mass is 10.1. The first-order chi connectivity index (χ1) is 8.63. The molecule has 2 unspecified atom stereocenters. The van der Waals surface area contributed by atoms with Gasteiger partial charge in [-0.3, -0.25) is 4.90 Å². The molecule has 18 heavy (non-hydrogen) atoms. The van der Waals surface area contributed by atoms with Crippen molar-refractivity contribution in [3.05, 3.63) is 35.9 Å². The van der Waals surface area contributed by atoms with Crippen LogP contribution in [-0.2, 0) is 6.54 Å². The van der Waals surface area contributed by atoms with Gasteiger partial charge in [0.15, 0.2) is 0 Å². The monoisotopic (exact) mass is 246 g/mol. The summed E-state index contributed by atoms with van der Waals surface area (Å²) in [5.74, 6) is 0.373. The van der Waals surface area contributed by atoms with E-state index in [2.05, 4.69) is 0 Å². The molecular formula is C14H18N2O2. The molecule has 2 atom stereocenters. The molecule has 1 amide bonds. The predicted molar refractivity (Wildman–Crippen MR) is 68.1 cm³/mol. The van der Waals surface area contributed by atoms with Gasteiger partial charge in [0.25, 0.3) is 0 Å². The summed E-state index contributed by atoms with van der Waals surface area (Å²) in [5.41, 5.74) is 6.78. The van der Waals surface area contributed by atoms with Crippen LogP contribution < -0.4 is 5.73 Å². The molecule has 1 aromatic rings. The summed E-state index contributed by atoms with van der Waals surface area (Å²) >= 11 is 0. The summed E-state index contributed by atoms with van der Waals surface area (Å²) in [7, 11) is 0. The highest BCUT2D eigenvalue weighted by Crippen LogP contribution is 2.57. The molecule has 3 rings (SSSR count). The normalized spacial score (nSPS) is 27.6. The molecule has 3 N–H and O–H groups in total. The number of nitrogens with two attached hydrogens (primary N) is 1. The lowest BCUT2D eigenvalue weighted by Crippen LogP contribution is -2.43. The first-order valence-corrected chi connectivity index (χ1v) is 6.43. The van der Waals surface area contributed by atoms with E-state index in [-0.39, 0.29) is 11.6 Å². The largest absolute Gasteiger partial charge is 0.465 e. The van der Waals surface area contributed by atoms with Crippen molar-refractivity contribution >= 4 is 6.09 Å². The Morgan fingerprint density at radius 3 is 2.44 bits per heavy atom. The Balaban J connectivity index is 1.79. The van der Waals surface area contributed by atoms with Gasteiger partial charge in [-0.2, -0.15) is 0 Å². The van der Waals surface area contributed by atoms with Crippen LogP contribution in [0.2, 0.25) is 0 Å². The minimum atomic E-state index is -0.824. The molecule has 2 aliphatic rings. The molecule has 0 heterocycles. The van der Waals surface area contributed by atoms with Crippen LogP contribution in [0.15, 0.2) is 30.3 Å². The van der Waals surface area contributed by atoms with E-state index in [1.54, 1.807) is 4.90 Å². The fraction of sp³-hybridized carbons (Fsp3) is 0.500. The van der Waals surface area contributed by atoms with Crippen molar-refractivity contribution in [2.75, 3.05) is 0 Å². The Kier molecular flexibility index (Phi) is 2.55. The molecule has 0 radical (unpaired) electrons. The van der Waals surface area contributed by atoms with Crippen LogP contribution in [0.5, 0.6) is 0 Å². The fourth-order valence-electron chi connectivity index (χ4n) is 2.98. The SMILES string of the molecule is NC1CC1C1(N(Cc2ccccc2)C(=O)O)CC1. The number of benzene rings is 1. The molecule has 2 fully saturated rings. The van der Waals surface area contributed by atoms with Gasteiger partial charge in [-0.15, -0.1) is 0 Å². The Morgan fingerprint density at radius 2 is 2.00 bits per heavy atom. The second kappa shape index (κ2) is 3.99. The average Bonchev–Trinajstić information content (AvgIpc) is 3.24. The number of nitrogens with zero attached hydrogens (tertiary/aromatic N) is 1. The minimum Gasteiger partial charge on any atom is -0.465 e. The molecule has 0 saturated heterocycles. The molecule has 2 saturated carbocycles. The van der Waals surface area contributed by atoms with E-state index in [9.17, 15) is 9.90 Å². The lowest BCUT2D eigenvalue weighted by Gasteiger charge is -2.30.